The number of aromatic hydroxyl groups is 1. The standard InChI is InChI=1S/C15H10N4O8/c20-13-11(5-10(18(24)25)6-12(13)19(26)27)14(21)17-16-7-8-2-1-3-9(4-8)15(22)23/h1-7,20H,(H,17,21)(H,22,23)/b16-7+. The summed E-state index contributed by atoms with van der Waals surface area (Å²) in [7, 11) is 0. The van der Waals surface area contributed by atoms with Crippen molar-refractivity contribution in [2.75, 3.05) is 0 Å². The van der Waals surface area contributed by atoms with Crippen LogP contribution in [-0.4, -0.2) is 38.2 Å². The molecule has 2 aromatic carbocycles. The molecule has 0 aliphatic heterocycles. The number of amides is 1. The SMILES string of the molecule is O=C(O)c1cccc(/C=N/NC(=O)c2cc([N+](=O)[O-])cc([N+](=O)[O-])c2O)c1. The second-order valence-corrected chi connectivity index (χ2v) is 5.01. The van der Waals surface area contributed by atoms with E-state index in [1.54, 1.807) is 0 Å². The van der Waals surface area contributed by atoms with Gasteiger partial charge in [-0.25, -0.2) is 10.2 Å². The van der Waals surface area contributed by atoms with Crippen molar-refractivity contribution in [3.05, 3.63) is 73.3 Å². The Labute approximate surface area is 149 Å². The summed E-state index contributed by atoms with van der Waals surface area (Å²) in [5.41, 5.74) is -0.229. The van der Waals surface area contributed by atoms with Crippen molar-refractivity contribution in [2.45, 2.75) is 0 Å². The number of rotatable bonds is 6. The molecule has 3 N–H and O–H groups in total. The van der Waals surface area contributed by atoms with Crippen LogP contribution in [0.4, 0.5) is 11.4 Å². The number of carboxylic acid groups (broad SMARTS) is 1. The molecule has 2 rings (SSSR count). The van der Waals surface area contributed by atoms with Crippen molar-refractivity contribution < 1.29 is 29.6 Å². The zero-order valence-corrected chi connectivity index (χ0v) is 13.2. The molecular weight excluding hydrogens is 364 g/mol. The summed E-state index contributed by atoms with van der Waals surface area (Å²) in [6, 6.07) is 6.75. The van der Waals surface area contributed by atoms with Crippen molar-refractivity contribution in [3.8, 4) is 5.75 Å². The number of hydrazone groups is 1. The number of phenolic OH excluding ortho intramolecular Hbond substituents is 1. The maximum Gasteiger partial charge on any atom is 0.335 e. The molecule has 0 radical (unpaired) electrons. The van der Waals surface area contributed by atoms with E-state index in [9.17, 15) is 34.9 Å². The third kappa shape index (κ3) is 4.39. The molecule has 1 amide bonds. The van der Waals surface area contributed by atoms with Gasteiger partial charge in [0.05, 0.1) is 33.3 Å². The Morgan fingerprint density at radius 3 is 2.41 bits per heavy atom. The van der Waals surface area contributed by atoms with E-state index in [0.717, 1.165) is 6.21 Å². The van der Waals surface area contributed by atoms with Gasteiger partial charge in [-0.05, 0) is 17.7 Å². The summed E-state index contributed by atoms with van der Waals surface area (Å²) in [5.74, 6) is -3.35. The van der Waals surface area contributed by atoms with Gasteiger partial charge in [-0.15, -0.1) is 0 Å². The van der Waals surface area contributed by atoms with Crippen LogP contribution in [0.15, 0.2) is 41.5 Å². The fourth-order valence-corrected chi connectivity index (χ4v) is 2.00. The maximum atomic E-state index is 12.1. The zero-order chi connectivity index (χ0) is 20.1. The number of hydrogen-bond donors (Lipinski definition) is 3. The molecule has 0 aromatic heterocycles. The summed E-state index contributed by atoms with van der Waals surface area (Å²) in [6.45, 7) is 0. The number of carbonyl (C=O) groups excluding carboxylic acids is 1. The summed E-state index contributed by atoms with van der Waals surface area (Å²) < 4.78 is 0. The molecule has 0 saturated carbocycles. The Kier molecular flexibility index (Phi) is 5.41. The van der Waals surface area contributed by atoms with Crippen LogP contribution in [0.2, 0.25) is 0 Å². The van der Waals surface area contributed by atoms with Crippen LogP contribution in [-0.2, 0) is 0 Å². The largest absolute Gasteiger partial charge is 0.502 e. The summed E-state index contributed by atoms with van der Waals surface area (Å²) in [4.78, 5) is 42.6. The van der Waals surface area contributed by atoms with Crippen LogP contribution in [0.25, 0.3) is 0 Å². The van der Waals surface area contributed by atoms with E-state index in [1.807, 2.05) is 5.43 Å². The molecule has 138 valence electrons. The number of nitrogens with one attached hydrogen (secondary N) is 1. The zero-order valence-electron chi connectivity index (χ0n) is 13.2. The number of nitro groups is 2. The van der Waals surface area contributed by atoms with E-state index < -0.39 is 44.4 Å². The van der Waals surface area contributed by atoms with Crippen LogP contribution in [0.5, 0.6) is 5.75 Å². The Morgan fingerprint density at radius 1 is 1.11 bits per heavy atom. The van der Waals surface area contributed by atoms with E-state index >= 15 is 0 Å². The minimum Gasteiger partial charge on any atom is -0.502 e. The van der Waals surface area contributed by atoms with Crippen molar-refractivity contribution in [1.82, 2.24) is 5.43 Å². The van der Waals surface area contributed by atoms with E-state index in [4.69, 9.17) is 5.11 Å². The highest BCUT2D eigenvalue weighted by molar-refractivity contribution is 5.99. The topological polar surface area (TPSA) is 185 Å². The molecule has 0 saturated heterocycles. The van der Waals surface area contributed by atoms with E-state index in [1.165, 1.54) is 24.3 Å². The van der Waals surface area contributed by atoms with E-state index in [2.05, 4.69) is 5.10 Å². The van der Waals surface area contributed by atoms with Gasteiger partial charge in [-0.1, -0.05) is 12.1 Å². The highest BCUT2D eigenvalue weighted by atomic mass is 16.6. The van der Waals surface area contributed by atoms with Gasteiger partial charge in [0.1, 0.15) is 0 Å². The molecule has 0 fully saturated rings. The molecule has 0 unspecified atom stereocenters. The predicted octanol–water partition coefficient (Wildman–Crippen LogP) is 1.67. The maximum absolute atomic E-state index is 12.1. The fourth-order valence-electron chi connectivity index (χ4n) is 2.00. The normalized spacial score (nSPS) is 10.5. The molecule has 2 aromatic rings. The van der Waals surface area contributed by atoms with Crippen LogP contribution in [0.1, 0.15) is 26.3 Å². The van der Waals surface area contributed by atoms with E-state index in [0.29, 0.717) is 17.7 Å². The number of carboxylic acids is 1. The lowest BCUT2D eigenvalue weighted by atomic mass is 10.1. The minimum absolute atomic E-state index is 0.0165. The second-order valence-electron chi connectivity index (χ2n) is 5.01. The van der Waals surface area contributed by atoms with Gasteiger partial charge in [-0.2, -0.15) is 5.10 Å². The van der Waals surface area contributed by atoms with E-state index in [-0.39, 0.29) is 5.56 Å². The molecule has 27 heavy (non-hydrogen) atoms. The van der Waals surface area contributed by atoms with Gasteiger partial charge in [0.2, 0.25) is 5.75 Å². The van der Waals surface area contributed by atoms with Crippen molar-refractivity contribution in [1.29, 1.82) is 0 Å². The number of hydrogen-bond acceptors (Lipinski definition) is 8. The fraction of sp³-hybridized carbons (Fsp3) is 0. The Bertz CT molecular complexity index is 986. The van der Waals surface area contributed by atoms with Crippen LogP contribution in [0.3, 0.4) is 0 Å². The number of non-ortho nitro benzene ring substituents is 1. The second kappa shape index (κ2) is 7.69. The van der Waals surface area contributed by atoms with Crippen molar-refractivity contribution >= 4 is 29.5 Å². The Balaban J connectivity index is 2.28. The van der Waals surface area contributed by atoms with Crippen LogP contribution >= 0.6 is 0 Å². The number of aromatic carboxylic acids is 1. The summed E-state index contributed by atoms with van der Waals surface area (Å²) >= 11 is 0. The first-order chi connectivity index (χ1) is 12.7. The summed E-state index contributed by atoms with van der Waals surface area (Å²) in [5, 5.41) is 44.0. The third-order valence-corrected chi connectivity index (χ3v) is 3.24. The third-order valence-electron chi connectivity index (χ3n) is 3.24. The molecule has 12 heteroatoms. The molecule has 12 nitrogen and oxygen atoms in total. The average Bonchev–Trinajstić information content (AvgIpc) is 2.61. The highest BCUT2D eigenvalue weighted by Crippen LogP contribution is 2.34. The number of nitrogens with zero attached hydrogens (tertiary/aromatic N) is 3. The lowest BCUT2D eigenvalue weighted by Gasteiger charge is -2.04. The first-order valence-corrected chi connectivity index (χ1v) is 7.03. The Hall–Kier alpha value is -4.35. The van der Waals surface area contributed by atoms with Crippen LogP contribution < -0.4 is 5.43 Å². The Morgan fingerprint density at radius 2 is 1.81 bits per heavy atom. The molecule has 0 atom stereocenters. The number of carbonyl (C=O) groups is 2. The molecule has 0 spiro atoms. The molecule has 0 heterocycles. The summed E-state index contributed by atoms with van der Waals surface area (Å²) in [6.07, 6.45) is 1.09. The first kappa shape index (κ1) is 19.0. The van der Waals surface area contributed by atoms with Gasteiger partial charge in [0, 0.05) is 6.07 Å². The smallest absolute Gasteiger partial charge is 0.335 e. The molecule has 0 aliphatic carbocycles. The van der Waals surface area contributed by atoms with Crippen molar-refractivity contribution in [2.24, 2.45) is 5.10 Å². The van der Waals surface area contributed by atoms with Crippen LogP contribution in [0, 0.1) is 20.2 Å². The highest BCUT2D eigenvalue weighted by Gasteiger charge is 2.27. The lowest BCUT2D eigenvalue weighted by molar-refractivity contribution is -0.394. The molecular formula is C15H10N4O8. The van der Waals surface area contributed by atoms with Gasteiger partial charge in [0.25, 0.3) is 11.6 Å². The van der Waals surface area contributed by atoms with Gasteiger partial charge in [-0.3, -0.25) is 25.0 Å². The van der Waals surface area contributed by atoms with Gasteiger partial charge >= 0.3 is 11.7 Å². The number of benzene rings is 2. The molecule has 0 bridgehead atoms. The van der Waals surface area contributed by atoms with Gasteiger partial charge in [0.15, 0.2) is 0 Å². The average molecular weight is 374 g/mol. The number of nitro benzene ring substituents is 2. The number of phenols is 1. The monoisotopic (exact) mass is 374 g/mol. The quantitative estimate of drug-likeness (QED) is 0.387. The predicted molar refractivity (Wildman–Crippen MR) is 89.9 cm³/mol. The lowest BCUT2D eigenvalue weighted by Crippen LogP contribution is -2.18. The van der Waals surface area contributed by atoms with Gasteiger partial charge < -0.3 is 10.2 Å². The van der Waals surface area contributed by atoms with Crippen molar-refractivity contribution in [3.63, 3.8) is 0 Å². The minimum atomic E-state index is -1.16. The molecule has 0 aliphatic rings. The first-order valence-electron chi connectivity index (χ1n) is 7.03.